The maximum Gasteiger partial charge on any atom is 0.197 e. The molecule has 0 spiro atoms. The molecule has 4 heteroatoms. The average molecular weight is 177 g/mol. The number of rotatable bonds is 2. The van der Waals surface area contributed by atoms with Gasteiger partial charge >= 0.3 is 0 Å². The third kappa shape index (κ3) is 1.35. The van der Waals surface area contributed by atoms with Crippen LogP contribution in [-0.2, 0) is 6.42 Å². The van der Waals surface area contributed by atoms with Crippen LogP contribution >= 0.6 is 0 Å². The Labute approximate surface area is 75.8 Å². The Morgan fingerprint density at radius 3 is 3.08 bits per heavy atom. The van der Waals surface area contributed by atoms with Gasteiger partial charge in [0.1, 0.15) is 0 Å². The van der Waals surface area contributed by atoms with Crippen molar-refractivity contribution in [2.75, 3.05) is 0 Å². The predicted octanol–water partition coefficient (Wildman–Crippen LogP) is 1.39. The van der Waals surface area contributed by atoms with E-state index >= 15 is 0 Å². The van der Waals surface area contributed by atoms with E-state index in [-0.39, 0.29) is 5.75 Å². The van der Waals surface area contributed by atoms with Gasteiger partial charge in [0.2, 0.25) is 0 Å². The lowest BCUT2D eigenvalue weighted by Gasteiger charge is -1.91. The maximum absolute atomic E-state index is 9.43. The summed E-state index contributed by atoms with van der Waals surface area (Å²) in [4.78, 5) is 4.20. The Bertz CT molecular complexity index is 422. The molecule has 0 aliphatic rings. The van der Waals surface area contributed by atoms with Crippen molar-refractivity contribution in [3.05, 3.63) is 24.2 Å². The molecule has 0 atom stereocenters. The van der Waals surface area contributed by atoms with Crippen molar-refractivity contribution < 1.29 is 5.11 Å². The van der Waals surface area contributed by atoms with Gasteiger partial charge < -0.3 is 5.11 Å². The number of fused-ring (bicyclic) bond motifs is 1. The van der Waals surface area contributed by atoms with Crippen LogP contribution in [-0.4, -0.2) is 19.7 Å². The van der Waals surface area contributed by atoms with Crippen LogP contribution in [0.5, 0.6) is 5.75 Å². The zero-order valence-corrected chi connectivity index (χ0v) is 7.44. The standard InChI is InChI=1S/C9H11N3O/c1-2-4-8-10-9-7(13)5-3-6-12(9)11-8/h3,5-6,13H,2,4H2,1H3. The quantitative estimate of drug-likeness (QED) is 0.754. The summed E-state index contributed by atoms with van der Waals surface area (Å²) >= 11 is 0. The van der Waals surface area contributed by atoms with E-state index in [1.54, 1.807) is 22.8 Å². The number of hydrogen-bond donors (Lipinski definition) is 1. The SMILES string of the molecule is CCCc1nc2c(O)cccn2n1. The van der Waals surface area contributed by atoms with Crippen LogP contribution in [0.2, 0.25) is 0 Å². The Hall–Kier alpha value is -1.58. The minimum Gasteiger partial charge on any atom is -0.504 e. The van der Waals surface area contributed by atoms with Crippen molar-refractivity contribution in [3.8, 4) is 5.75 Å². The Morgan fingerprint density at radius 2 is 2.38 bits per heavy atom. The summed E-state index contributed by atoms with van der Waals surface area (Å²) in [6.07, 6.45) is 3.64. The topological polar surface area (TPSA) is 50.4 Å². The van der Waals surface area contributed by atoms with E-state index in [9.17, 15) is 5.11 Å². The van der Waals surface area contributed by atoms with Crippen LogP contribution in [0.25, 0.3) is 5.65 Å². The molecule has 0 saturated heterocycles. The van der Waals surface area contributed by atoms with Gasteiger partial charge in [0.25, 0.3) is 0 Å². The van der Waals surface area contributed by atoms with E-state index < -0.39 is 0 Å². The van der Waals surface area contributed by atoms with E-state index in [0.29, 0.717) is 5.65 Å². The minimum atomic E-state index is 0.178. The highest BCUT2D eigenvalue weighted by molar-refractivity contribution is 5.51. The van der Waals surface area contributed by atoms with E-state index in [4.69, 9.17) is 0 Å². The lowest BCUT2D eigenvalue weighted by atomic mass is 10.3. The molecule has 0 unspecified atom stereocenters. The van der Waals surface area contributed by atoms with Crippen molar-refractivity contribution in [2.45, 2.75) is 19.8 Å². The molecule has 2 rings (SSSR count). The number of hydrogen-bond acceptors (Lipinski definition) is 3. The number of nitrogens with zero attached hydrogens (tertiary/aromatic N) is 3. The van der Waals surface area contributed by atoms with Crippen LogP contribution in [0.4, 0.5) is 0 Å². The summed E-state index contributed by atoms with van der Waals surface area (Å²) in [5.74, 6) is 0.960. The summed E-state index contributed by atoms with van der Waals surface area (Å²) in [5.41, 5.74) is 0.533. The second kappa shape index (κ2) is 3.05. The fourth-order valence-electron chi connectivity index (χ4n) is 1.27. The number of aromatic nitrogens is 3. The van der Waals surface area contributed by atoms with Gasteiger partial charge in [-0.15, -0.1) is 0 Å². The van der Waals surface area contributed by atoms with Crippen LogP contribution in [0, 0.1) is 0 Å². The first kappa shape index (κ1) is 8.04. The van der Waals surface area contributed by atoms with Crippen LogP contribution in [0.3, 0.4) is 0 Å². The molecule has 0 radical (unpaired) electrons. The molecule has 0 aliphatic carbocycles. The Kier molecular flexibility index (Phi) is 1.88. The normalized spacial score (nSPS) is 10.8. The fraction of sp³-hybridized carbons (Fsp3) is 0.333. The highest BCUT2D eigenvalue weighted by Crippen LogP contribution is 2.15. The molecule has 68 valence electrons. The van der Waals surface area contributed by atoms with Crippen molar-refractivity contribution in [1.29, 1.82) is 0 Å². The first-order valence-electron chi connectivity index (χ1n) is 4.34. The molecule has 0 saturated carbocycles. The smallest absolute Gasteiger partial charge is 0.197 e. The zero-order chi connectivity index (χ0) is 9.26. The monoisotopic (exact) mass is 177 g/mol. The van der Waals surface area contributed by atoms with Crippen molar-refractivity contribution >= 4 is 5.65 Å². The Morgan fingerprint density at radius 1 is 1.54 bits per heavy atom. The molecule has 0 amide bonds. The summed E-state index contributed by atoms with van der Waals surface area (Å²) < 4.78 is 1.60. The van der Waals surface area contributed by atoms with E-state index in [0.717, 1.165) is 18.7 Å². The van der Waals surface area contributed by atoms with Gasteiger partial charge in [0.15, 0.2) is 17.2 Å². The van der Waals surface area contributed by atoms with Gasteiger partial charge in [-0.3, -0.25) is 0 Å². The first-order valence-corrected chi connectivity index (χ1v) is 4.34. The van der Waals surface area contributed by atoms with Crippen molar-refractivity contribution in [1.82, 2.24) is 14.6 Å². The molecule has 2 aromatic rings. The largest absolute Gasteiger partial charge is 0.504 e. The van der Waals surface area contributed by atoms with Crippen LogP contribution in [0.1, 0.15) is 19.2 Å². The lowest BCUT2D eigenvalue weighted by Crippen LogP contribution is -1.87. The van der Waals surface area contributed by atoms with E-state index in [2.05, 4.69) is 17.0 Å². The predicted molar refractivity (Wildman–Crippen MR) is 48.6 cm³/mol. The van der Waals surface area contributed by atoms with Crippen molar-refractivity contribution in [3.63, 3.8) is 0 Å². The average Bonchev–Trinajstić information content (AvgIpc) is 2.49. The molecule has 0 fully saturated rings. The van der Waals surface area contributed by atoms with E-state index in [1.165, 1.54) is 0 Å². The highest BCUT2D eigenvalue weighted by atomic mass is 16.3. The third-order valence-electron chi connectivity index (χ3n) is 1.86. The van der Waals surface area contributed by atoms with Gasteiger partial charge in [-0.05, 0) is 18.6 Å². The molecule has 0 bridgehead atoms. The van der Waals surface area contributed by atoms with Gasteiger partial charge in [0, 0.05) is 12.6 Å². The summed E-state index contributed by atoms with van der Waals surface area (Å²) in [7, 11) is 0. The summed E-state index contributed by atoms with van der Waals surface area (Å²) in [6, 6.07) is 3.35. The van der Waals surface area contributed by atoms with Crippen LogP contribution < -0.4 is 0 Å². The second-order valence-corrected chi connectivity index (χ2v) is 2.94. The van der Waals surface area contributed by atoms with Gasteiger partial charge in [-0.1, -0.05) is 6.92 Å². The summed E-state index contributed by atoms with van der Waals surface area (Å²) in [5, 5.41) is 13.6. The molecular formula is C9H11N3O. The maximum atomic E-state index is 9.43. The lowest BCUT2D eigenvalue weighted by molar-refractivity contribution is 0.477. The Balaban J connectivity index is 2.55. The number of aryl methyl sites for hydroxylation is 1. The molecule has 1 N–H and O–H groups in total. The van der Waals surface area contributed by atoms with Gasteiger partial charge in [-0.25, -0.2) is 9.50 Å². The van der Waals surface area contributed by atoms with Crippen LogP contribution in [0.15, 0.2) is 18.3 Å². The minimum absolute atomic E-state index is 0.178. The van der Waals surface area contributed by atoms with Gasteiger partial charge in [0.05, 0.1) is 0 Å². The highest BCUT2D eigenvalue weighted by Gasteiger charge is 2.05. The molecule has 13 heavy (non-hydrogen) atoms. The molecule has 4 nitrogen and oxygen atoms in total. The molecule has 2 heterocycles. The van der Waals surface area contributed by atoms with E-state index in [1.807, 2.05) is 0 Å². The zero-order valence-electron chi connectivity index (χ0n) is 7.44. The van der Waals surface area contributed by atoms with Gasteiger partial charge in [-0.2, -0.15) is 5.10 Å². The molecule has 0 aliphatic heterocycles. The number of aromatic hydroxyl groups is 1. The van der Waals surface area contributed by atoms with Crippen molar-refractivity contribution in [2.24, 2.45) is 0 Å². The molecule has 0 aromatic carbocycles. The molecule has 2 aromatic heterocycles. The summed E-state index contributed by atoms with van der Waals surface area (Å²) in [6.45, 7) is 2.07. The first-order chi connectivity index (χ1) is 6.31. The fourth-order valence-corrected chi connectivity index (χ4v) is 1.27. The third-order valence-corrected chi connectivity index (χ3v) is 1.86. The second-order valence-electron chi connectivity index (χ2n) is 2.94. The number of pyridine rings is 1. The molecular weight excluding hydrogens is 166 g/mol.